The molecule has 6 nitrogen and oxygen atoms in total. The first-order valence-corrected chi connectivity index (χ1v) is 7.37. The standard InChI is InChI=1S/C16H27N3O3/c1-13(2,21-7)9-15(5,10-17)12(20)16(6)11(18-19-16)14(3,4)22-8/h11H,9H2,1-8H3. The number of ether oxygens (including phenoxy) is 2. The van der Waals surface area contributed by atoms with E-state index in [9.17, 15) is 10.1 Å². The topological polar surface area (TPSA) is 84.0 Å². The van der Waals surface area contributed by atoms with Gasteiger partial charge in [-0.25, -0.2) is 0 Å². The summed E-state index contributed by atoms with van der Waals surface area (Å²) in [5.74, 6) is -0.238. The fraction of sp³-hybridized carbons (Fsp3) is 0.875. The van der Waals surface area contributed by atoms with E-state index in [1.807, 2.05) is 27.7 Å². The van der Waals surface area contributed by atoms with Crippen molar-refractivity contribution in [3.63, 3.8) is 0 Å². The molecule has 0 aromatic rings. The third kappa shape index (κ3) is 3.06. The monoisotopic (exact) mass is 309 g/mol. The van der Waals surface area contributed by atoms with Gasteiger partial charge >= 0.3 is 0 Å². The molecule has 1 rings (SSSR count). The maximum absolute atomic E-state index is 13.1. The summed E-state index contributed by atoms with van der Waals surface area (Å²) in [7, 11) is 3.15. The predicted molar refractivity (Wildman–Crippen MR) is 82.6 cm³/mol. The summed E-state index contributed by atoms with van der Waals surface area (Å²) >= 11 is 0. The zero-order chi connectivity index (χ0) is 17.4. The fourth-order valence-corrected chi connectivity index (χ4v) is 3.04. The highest BCUT2D eigenvalue weighted by Crippen LogP contribution is 2.44. The molecule has 124 valence electrons. The Kier molecular flexibility index (Phi) is 4.86. The highest BCUT2D eigenvalue weighted by Gasteiger charge is 2.60. The SMILES string of the molecule is COC(C)(C)CC(C)(C#N)C(=O)C1(C)N=NC1C(C)(C)OC. The molecule has 0 saturated heterocycles. The van der Waals surface area contributed by atoms with Crippen LogP contribution in [0.25, 0.3) is 0 Å². The number of hydrogen-bond acceptors (Lipinski definition) is 6. The van der Waals surface area contributed by atoms with E-state index in [1.165, 1.54) is 0 Å². The van der Waals surface area contributed by atoms with Crippen molar-refractivity contribution in [2.75, 3.05) is 14.2 Å². The number of carbonyl (C=O) groups excluding carboxylic acids is 1. The Morgan fingerprint density at radius 1 is 1.23 bits per heavy atom. The Labute approximate surface area is 132 Å². The molecule has 0 radical (unpaired) electrons. The average molecular weight is 309 g/mol. The van der Waals surface area contributed by atoms with E-state index in [1.54, 1.807) is 28.1 Å². The second-order valence-electron chi connectivity index (χ2n) is 7.49. The number of azo groups is 1. The summed E-state index contributed by atoms with van der Waals surface area (Å²) in [4.78, 5) is 13.1. The molecule has 6 heteroatoms. The third-order valence-electron chi connectivity index (χ3n) is 4.64. The van der Waals surface area contributed by atoms with E-state index in [0.717, 1.165) is 0 Å². The quantitative estimate of drug-likeness (QED) is 0.723. The highest BCUT2D eigenvalue weighted by atomic mass is 16.5. The lowest BCUT2D eigenvalue weighted by molar-refractivity contribution is -0.141. The van der Waals surface area contributed by atoms with Crippen molar-refractivity contribution in [2.24, 2.45) is 15.6 Å². The molecular formula is C16H27N3O3. The van der Waals surface area contributed by atoms with Crippen LogP contribution in [0.1, 0.15) is 48.0 Å². The number of carbonyl (C=O) groups is 1. The van der Waals surface area contributed by atoms with Gasteiger partial charge in [0, 0.05) is 20.6 Å². The summed E-state index contributed by atoms with van der Waals surface area (Å²) in [6.45, 7) is 10.8. The van der Waals surface area contributed by atoms with E-state index in [-0.39, 0.29) is 12.2 Å². The Morgan fingerprint density at radius 3 is 2.09 bits per heavy atom. The predicted octanol–water partition coefficient (Wildman–Crippen LogP) is 2.92. The summed E-state index contributed by atoms with van der Waals surface area (Å²) in [6.07, 6.45) is 0.289. The largest absolute Gasteiger partial charge is 0.379 e. The summed E-state index contributed by atoms with van der Waals surface area (Å²) < 4.78 is 10.8. The molecule has 0 spiro atoms. The molecule has 0 bridgehead atoms. The molecule has 1 aliphatic rings. The van der Waals surface area contributed by atoms with Gasteiger partial charge in [-0.1, -0.05) is 0 Å². The minimum absolute atomic E-state index is 0.238. The number of hydrogen-bond donors (Lipinski definition) is 0. The molecule has 0 aliphatic carbocycles. The number of ketones is 1. The van der Waals surface area contributed by atoms with Crippen LogP contribution in [0, 0.1) is 16.7 Å². The van der Waals surface area contributed by atoms with Gasteiger partial charge in [-0.05, 0) is 41.5 Å². The van der Waals surface area contributed by atoms with E-state index < -0.39 is 28.2 Å². The number of rotatable bonds is 7. The van der Waals surface area contributed by atoms with Gasteiger partial charge in [0.15, 0.2) is 11.3 Å². The lowest BCUT2D eigenvalue weighted by Gasteiger charge is -2.46. The van der Waals surface area contributed by atoms with Crippen molar-refractivity contribution < 1.29 is 14.3 Å². The van der Waals surface area contributed by atoms with Crippen LogP contribution in [-0.4, -0.2) is 42.8 Å². The normalized spacial score (nSPS) is 27.7. The van der Waals surface area contributed by atoms with Gasteiger partial charge in [-0.15, -0.1) is 0 Å². The van der Waals surface area contributed by atoms with Crippen LogP contribution in [0.3, 0.4) is 0 Å². The number of Topliss-reactive ketones (excluding diaryl/α,β-unsaturated/α-hetero) is 1. The van der Waals surface area contributed by atoms with Crippen molar-refractivity contribution >= 4 is 5.78 Å². The lowest BCUT2D eigenvalue weighted by atomic mass is 9.66. The van der Waals surface area contributed by atoms with Crippen LogP contribution < -0.4 is 0 Å². The van der Waals surface area contributed by atoms with Crippen molar-refractivity contribution in [3.05, 3.63) is 0 Å². The lowest BCUT2D eigenvalue weighted by Crippen LogP contribution is -2.63. The van der Waals surface area contributed by atoms with Crippen molar-refractivity contribution in [1.29, 1.82) is 5.26 Å². The minimum Gasteiger partial charge on any atom is -0.379 e. The van der Waals surface area contributed by atoms with Gasteiger partial charge in [0.05, 0.1) is 17.3 Å². The molecular weight excluding hydrogens is 282 g/mol. The summed E-state index contributed by atoms with van der Waals surface area (Å²) in [5.41, 5.74) is -3.45. The van der Waals surface area contributed by atoms with E-state index in [0.29, 0.717) is 0 Å². The maximum Gasteiger partial charge on any atom is 0.184 e. The van der Waals surface area contributed by atoms with Crippen molar-refractivity contribution in [1.82, 2.24) is 0 Å². The molecule has 0 aromatic carbocycles. The molecule has 3 unspecified atom stereocenters. The van der Waals surface area contributed by atoms with Gasteiger partial charge in [-0.2, -0.15) is 15.5 Å². The second kappa shape index (κ2) is 5.71. The Hall–Kier alpha value is -1.32. The van der Waals surface area contributed by atoms with Crippen LogP contribution in [-0.2, 0) is 14.3 Å². The first-order chi connectivity index (χ1) is 9.88. The van der Waals surface area contributed by atoms with Gasteiger partial charge in [-0.3, -0.25) is 4.79 Å². The summed E-state index contributed by atoms with van der Waals surface area (Å²) in [6, 6.07) is 1.75. The van der Waals surface area contributed by atoms with Crippen molar-refractivity contribution in [2.45, 2.75) is 70.7 Å². The molecule has 0 amide bonds. The number of nitriles is 1. The number of methoxy groups -OCH3 is 2. The summed E-state index contributed by atoms with van der Waals surface area (Å²) in [5, 5.41) is 17.8. The molecule has 22 heavy (non-hydrogen) atoms. The molecule has 3 atom stereocenters. The van der Waals surface area contributed by atoms with Gasteiger partial charge in [0.2, 0.25) is 0 Å². The first-order valence-electron chi connectivity index (χ1n) is 7.37. The Morgan fingerprint density at radius 2 is 1.77 bits per heavy atom. The molecule has 1 heterocycles. The fourth-order valence-electron chi connectivity index (χ4n) is 3.04. The highest BCUT2D eigenvalue weighted by molar-refractivity contribution is 5.96. The van der Waals surface area contributed by atoms with Crippen molar-refractivity contribution in [3.8, 4) is 6.07 Å². The zero-order valence-corrected chi connectivity index (χ0v) is 14.9. The molecule has 0 fully saturated rings. The van der Waals surface area contributed by atoms with Gasteiger partial charge in [0.25, 0.3) is 0 Å². The molecule has 0 aromatic heterocycles. The second-order valence-corrected chi connectivity index (χ2v) is 7.49. The van der Waals surface area contributed by atoms with Gasteiger partial charge < -0.3 is 9.47 Å². The Bertz CT molecular complexity index is 521. The van der Waals surface area contributed by atoms with Crippen LogP contribution in [0.5, 0.6) is 0 Å². The Balaban J connectivity index is 3.13. The van der Waals surface area contributed by atoms with Crippen LogP contribution in [0.15, 0.2) is 10.2 Å². The van der Waals surface area contributed by atoms with Gasteiger partial charge in [0.1, 0.15) is 11.5 Å². The van der Waals surface area contributed by atoms with Crippen LogP contribution in [0.2, 0.25) is 0 Å². The van der Waals surface area contributed by atoms with Crippen LogP contribution in [0.4, 0.5) is 0 Å². The third-order valence-corrected chi connectivity index (χ3v) is 4.64. The van der Waals surface area contributed by atoms with E-state index in [2.05, 4.69) is 16.3 Å². The molecule has 0 N–H and O–H groups in total. The molecule has 0 saturated carbocycles. The first kappa shape index (κ1) is 18.7. The van der Waals surface area contributed by atoms with E-state index in [4.69, 9.17) is 9.47 Å². The average Bonchev–Trinajstić information content (AvgIpc) is 2.43. The minimum atomic E-state index is -1.20. The maximum atomic E-state index is 13.1. The van der Waals surface area contributed by atoms with E-state index >= 15 is 0 Å². The molecule has 1 aliphatic heterocycles. The zero-order valence-electron chi connectivity index (χ0n) is 14.9. The number of nitrogens with zero attached hydrogens (tertiary/aromatic N) is 3. The smallest absolute Gasteiger partial charge is 0.184 e. The van der Waals surface area contributed by atoms with Crippen LogP contribution >= 0.6 is 0 Å².